The van der Waals surface area contributed by atoms with Crippen molar-refractivity contribution in [3.8, 4) is 0 Å². The molecule has 0 bridgehead atoms. The Morgan fingerprint density at radius 3 is 2.88 bits per heavy atom. The lowest BCUT2D eigenvalue weighted by Crippen LogP contribution is -2.32. The smallest absolute Gasteiger partial charge is 0.259 e. The van der Waals surface area contributed by atoms with Crippen molar-refractivity contribution in [2.24, 2.45) is 4.99 Å². The normalized spacial score (nSPS) is 14.0. The average molecular weight is 342 g/mol. The zero-order valence-electron chi connectivity index (χ0n) is 13.8. The van der Waals surface area contributed by atoms with Gasteiger partial charge in [0, 0.05) is 17.9 Å². The molecule has 24 heavy (non-hydrogen) atoms. The van der Waals surface area contributed by atoms with E-state index in [0.29, 0.717) is 23.8 Å². The number of aryl methyl sites for hydroxylation is 2. The number of carbonyl (C=O) groups is 1. The highest BCUT2D eigenvalue weighted by Crippen LogP contribution is 2.23. The van der Waals surface area contributed by atoms with Crippen molar-refractivity contribution in [1.29, 1.82) is 0 Å². The number of amidine groups is 1. The van der Waals surface area contributed by atoms with Gasteiger partial charge in [-0.05, 0) is 43.2 Å². The minimum absolute atomic E-state index is 0.195. The number of amides is 1. The summed E-state index contributed by atoms with van der Waals surface area (Å²) >= 11 is 1.56. The van der Waals surface area contributed by atoms with Crippen molar-refractivity contribution in [2.75, 3.05) is 13.1 Å². The lowest BCUT2D eigenvalue weighted by Gasteiger charge is -2.18. The summed E-state index contributed by atoms with van der Waals surface area (Å²) < 4.78 is 13.4. The van der Waals surface area contributed by atoms with Gasteiger partial charge in [-0.25, -0.2) is 4.39 Å². The molecule has 0 aliphatic carbocycles. The van der Waals surface area contributed by atoms with E-state index in [-0.39, 0.29) is 5.91 Å². The zero-order valence-corrected chi connectivity index (χ0v) is 14.6. The van der Waals surface area contributed by atoms with Crippen LogP contribution in [0.5, 0.6) is 0 Å². The van der Waals surface area contributed by atoms with E-state index in [9.17, 15) is 9.18 Å². The quantitative estimate of drug-likeness (QED) is 0.838. The molecule has 0 saturated heterocycles. The first-order chi connectivity index (χ1) is 11.5. The van der Waals surface area contributed by atoms with Gasteiger partial charge in [0.2, 0.25) is 0 Å². The Hall–Kier alpha value is -2.14. The van der Waals surface area contributed by atoms with Crippen molar-refractivity contribution in [2.45, 2.75) is 19.6 Å². The number of thioether (sulfide) groups is 1. The van der Waals surface area contributed by atoms with E-state index in [0.717, 1.165) is 5.75 Å². The van der Waals surface area contributed by atoms with Crippen LogP contribution in [0.15, 0.2) is 47.5 Å². The molecule has 3 nitrogen and oxygen atoms in total. The highest BCUT2D eigenvalue weighted by molar-refractivity contribution is 8.13. The maximum atomic E-state index is 13.4. The topological polar surface area (TPSA) is 32.7 Å². The number of benzene rings is 2. The van der Waals surface area contributed by atoms with Crippen LogP contribution in [0, 0.1) is 19.7 Å². The summed E-state index contributed by atoms with van der Waals surface area (Å²) in [7, 11) is 0. The molecule has 0 radical (unpaired) electrons. The molecule has 0 N–H and O–H groups in total. The Balaban J connectivity index is 1.71. The van der Waals surface area contributed by atoms with Crippen LogP contribution in [-0.2, 0) is 5.75 Å². The molecule has 0 spiro atoms. The second-order valence-electron chi connectivity index (χ2n) is 5.85. The molecule has 2 aromatic rings. The number of rotatable bonds is 3. The van der Waals surface area contributed by atoms with Gasteiger partial charge in [0.25, 0.3) is 5.91 Å². The number of nitrogens with zero attached hydrogens (tertiary/aromatic N) is 2. The molecule has 0 unspecified atom stereocenters. The average Bonchev–Trinajstić information content (AvgIpc) is 3.03. The van der Waals surface area contributed by atoms with E-state index in [1.807, 2.05) is 0 Å². The Bertz CT molecular complexity index is 804. The molecule has 3 rings (SSSR count). The van der Waals surface area contributed by atoms with Gasteiger partial charge in [-0.15, -0.1) is 0 Å². The van der Waals surface area contributed by atoms with Crippen LogP contribution in [0.1, 0.15) is 27.0 Å². The monoisotopic (exact) mass is 342 g/mol. The standard InChI is InChI=1S/C19H19FN2OS/c1-13-6-7-14(2)16(10-13)12-24-19-21-8-9-22(19)18(23)15-4-3-5-17(20)11-15/h3-7,10-11H,8-9,12H2,1-2H3. The second kappa shape index (κ2) is 7.18. The minimum Gasteiger partial charge on any atom is -0.286 e. The SMILES string of the molecule is Cc1ccc(C)c(CSC2=NCCN2C(=O)c2cccc(F)c2)c1. The molecule has 0 saturated carbocycles. The molecule has 124 valence electrons. The van der Waals surface area contributed by atoms with E-state index >= 15 is 0 Å². The fourth-order valence-electron chi connectivity index (χ4n) is 2.61. The van der Waals surface area contributed by atoms with E-state index in [1.165, 1.54) is 28.8 Å². The lowest BCUT2D eigenvalue weighted by molar-refractivity contribution is 0.0860. The molecular weight excluding hydrogens is 323 g/mol. The van der Waals surface area contributed by atoms with Crippen LogP contribution in [0.25, 0.3) is 0 Å². The molecule has 1 amide bonds. The number of hydrogen-bond donors (Lipinski definition) is 0. The minimum atomic E-state index is -0.401. The molecule has 1 aliphatic rings. The fraction of sp³-hybridized carbons (Fsp3) is 0.263. The van der Waals surface area contributed by atoms with Crippen molar-refractivity contribution >= 4 is 22.8 Å². The van der Waals surface area contributed by atoms with Crippen LogP contribution >= 0.6 is 11.8 Å². The summed E-state index contributed by atoms with van der Waals surface area (Å²) in [5.41, 5.74) is 4.05. The number of carbonyl (C=O) groups excluding carboxylic acids is 1. The van der Waals surface area contributed by atoms with Gasteiger partial charge >= 0.3 is 0 Å². The van der Waals surface area contributed by atoms with Crippen molar-refractivity contribution in [3.05, 3.63) is 70.5 Å². The van der Waals surface area contributed by atoms with Crippen molar-refractivity contribution in [3.63, 3.8) is 0 Å². The van der Waals surface area contributed by atoms with Crippen molar-refractivity contribution in [1.82, 2.24) is 4.90 Å². The van der Waals surface area contributed by atoms with E-state index in [2.05, 4.69) is 37.0 Å². The largest absolute Gasteiger partial charge is 0.286 e. The molecular formula is C19H19FN2OS. The first kappa shape index (κ1) is 16.7. The van der Waals surface area contributed by atoms with Gasteiger partial charge in [-0.3, -0.25) is 14.7 Å². The highest BCUT2D eigenvalue weighted by Gasteiger charge is 2.25. The first-order valence-corrected chi connectivity index (χ1v) is 8.84. The molecule has 0 fully saturated rings. The van der Waals surface area contributed by atoms with E-state index in [4.69, 9.17) is 0 Å². The number of halogens is 1. The van der Waals surface area contributed by atoms with Crippen LogP contribution in [0.4, 0.5) is 4.39 Å². The third kappa shape index (κ3) is 3.67. The fourth-order valence-corrected chi connectivity index (χ4v) is 3.72. The highest BCUT2D eigenvalue weighted by atomic mass is 32.2. The van der Waals surface area contributed by atoms with E-state index in [1.54, 1.807) is 28.8 Å². The van der Waals surface area contributed by atoms with Gasteiger partial charge < -0.3 is 0 Å². The molecule has 2 aromatic carbocycles. The van der Waals surface area contributed by atoms with Crippen LogP contribution < -0.4 is 0 Å². The Morgan fingerprint density at radius 1 is 1.25 bits per heavy atom. The van der Waals surface area contributed by atoms with Crippen LogP contribution in [-0.4, -0.2) is 29.1 Å². The van der Waals surface area contributed by atoms with Crippen molar-refractivity contribution < 1.29 is 9.18 Å². The maximum absolute atomic E-state index is 13.4. The van der Waals surface area contributed by atoms with Gasteiger partial charge in [0.05, 0.1) is 6.54 Å². The summed E-state index contributed by atoms with van der Waals surface area (Å²) in [6.07, 6.45) is 0. The van der Waals surface area contributed by atoms with Crippen LogP contribution in [0.3, 0.4) is 0 Å². The van der Waals surface area contributed by atoms with E-state index < -0.39 is 5.82 Å². The Kier molecular flexibility index (Phi) is 5.00. The molecule has 0 atom stereocenters. The summed E-state index contributed by atoms with van der Waals surface area (Å²) in [5.74, 6) is 0.167. The predicted octanol–water partition coefficient (Wildman–Crippen LogP) is 4.19. The summed E-state index contributed by atoms with van der Waals surface area (Å²) in [4.78, 5) is 18.7. The third-order valence-corrected chi connectivity index (χ3v) is 5.04. The maximum Gasteiger partial charge on any atom is 0.259 e. The summed E-state index contributed by atoms with van der Waals surface area (Å²) in [6.45, 7) is 5.29. The second-order valence-corrected chi connectivity index (χ2v) is 6.79. The van der Waals surface area contributed by atoms with Gasteiger partial charge in [-0.1, -0.05) is 41.6 Å². The molecule has 5 heteroatoms. The lowest BCUT2D eigenvalue weighted by atomic mass is 10.1. The Morgan fingerprint density at radius 2 is 2.08 bits per heavy atom. The summed E-state index contributed by atoms with van der Waals surface area (Å²) in [5, 5.41) is 0.713. The number of hydrogen-bond acceptors (Lipinski definition) is 3. The third-order valence-electron chi connectivity index (χ3n) is 3.98. The first-order valence-electron chi connectivity index (χ1n) is 7.85. The molecule has 0 aromatic heterocycles. The van der Waals surface area contributed by atoms with Gasteiger partial charge in [0.1, 0.15) is 5.82 Å². The molecule has 1 aliphatic heterocycles. The Labute approximate surface area is 145 Å². The molecule has 1 heterocycles. The van der Waals surface area contributed by atoms with Crippen LogP contribution in [0.2, 0.25) is 0 Å². The summed E-state index contributed by atoms with van der Waals surface area (Å²) in [6, 6.07) is 12.2. The predicted molar refractivity (Wildman–Crippen MR) is 96.9 cm³/mol. The zero-order chi connectivity index (χ0) is 17.1. The number of aliphatic imine (C=N–C) groups is 1. The van der Waals surface area contributed by atoms with Gasteiger partial charge in [-0.2, -0.15) is 0 Å². The van der Waals surface area contributed by atoms with Gasteiger partial charge in [0.15, 0.2) is 5.17 Å².